The third kappa shape index (κ3) is 1.62. The number of hydrogen-bond acceptors (Lipinski definition) is 3. The van der Waals surface area contributed by atoms with Crippen LogP contribution in [0, 0.1) is 6.92 Å². The largest absolute Gasteiger partial charge is 0.497 e. The highest BCUT2D eigenvalue weighted by Crippen LogP contribution is 2.36. The Hall–Kier alpha value is -2.42. The van der Waals surface area contributed by atoms with Crippen LogP contribution in [-0.2, 0) is 0 Å². The summed E-state index contributed by atoms with van der Waals surface area (Å²) in [6, 6.07) is 8.23. The molecule has 4 rings (SSSR count). The molecular weight excluding hydrogens is 272 g/mol. The first-order valence-electron chi connectivity index (χ1n) is 7.63. The second-order valence-corrected chi connectivity index (χ2v) is 5.82. The van der Waals surface area contributed by atoms with E-state index in [1.807, 2.05) is 12.1 Å². The summed E-state index contributed by atoms with van der Waals surface area (Å²) in [5.41, 5.74) is 8.29. The number of fused-ring (bicyclic) bond motifs is 4. The van der Waals surface area contributed by atoms with Crippen molar-refractivity contribution in [3.05, 3.63) is 51.8 Å². The lowest BCUT2D eigenvalue weighted by molar-refractivity contribution is 0.415. The standard InChI is InChI=1S/C19H18N2O/c1-5-15-10(2)18-11(3)19-14(9-17(18)20-15)13-8-12(22-4)6-7-16(13)21-19/h6-9H,5H2,1-4H3. The Kier molecular flexibility index (Phi) is 2.73. The van der Waals surface area contributed by atoms with E-state index in [1.54, 1.807) is 7.11 Å². The van der Waals surface area contributed by atoms with Crippen LogP contribution in [0.3, 0.4) is 0 Å². The van der Waals surface area contributed by atoms with Gasteiger partial charge in [0.15, 0.2) is 0 Å². The highest BCUT2D eigenvalue weighted by Gasteiger charge is 2.22. The quantitative estimate of drug-likeness (QED) is 0.708. The van der Waals surface area contributed by atoms with Crippen LogP contribution in [0.4, 0.5) is 5.69 Å². The van der Waals surface area contributed by atoms with Crippen LogP contribution in [-0.4, -0.2) is 7.11 Å². The van der Waals surface area contributed by atoms with Crippen LogP contribution in [0.15, 0.2) is 39.9 Å². The molecule has 0 radical (unpaired) electrons. The number of benzene rings is 2. The van der Waals surface area contributed by atoms with Crippen molar-refractivity contribution in [2.24, 2.45) is 9.98 Å². The van der Waals surface area contributed by atoms with Crippen molar-refractivity contribution in [3.8, 4) is 16.9 Å². The molecule has 0 N–H and O–H groups in total. The second kappa shape index (κ2) is 4.54. The summed E-state index contributed by atoms with van der Waals surface area (Å²) in [7, 11) is 1.69. The molecule has 3 heteroatoms. The lowest BCUT2D eigenvalue weighted by atomic mass is 9.96. The van der Waals surface area contributed by atoms with Crippen molar-refractivity contribution in [3.63, 3.8) is 0 Å². The van der Waals surface area contributed by atoms with Crippen molar-refractivity contribution in [2.75, 3.05) is 7.11 Å². The van der Waals surface area contributed by atoms with Crippen LogP contribution in [0.2, 0.25) is 0 Å². The SMILES string of the molecule is CCC1=C(C)c2c(C)c3c(cc2=N1)-c1cc(OC)ccc1N=3. The number of rotatable bonds is 2. The van der Waals surface area contributed by atoms with Crippen LogP contribution < -0.4 is 15.5 Å². The van der Waals surface area contributed by atoms with Crippen molar-refractivity contribution < 1.29 is 4.74 Å². The van der Waals surface area contributed by atoms with Crippen molar-refractivity contribution in [1.29, 1.82) is 0 Å². The van der Waals surface area contributed by atoms with Crippen molar-refractivity contribution >= 4 is 11.3 Å². The fraction of sp³-hybridized carbons (Fsp3) is 0.263. The van der Waals surface area contributed by atoms with Gasteiger partial charge in [-0.25, -0.2) is 4.99 Å². The Balaban J connectivity index is 2.03. The zero-order chi connectivity index (χ0) is 15.4. The molecule has 0 bridgehead atoms. The predicted octanol–water partition coefficient (Wildman–Crippen LogP) is 3.71. The summed E-state index contributed by atoms with van der Waals surface area (Å²) < 4.78 is 5.36. The molecule has 0 fully saturated rings. The summed E-state index contributed by atoms with van der Waals surface area (Å²) in [5, 5.41) is 2.16. The summed E-state index contributed by atoms with van der Waals surface area (Å²) in [6.45, 7) is 6.47. The first-order chi connectivity index (χ1) is 10.6. The molecule has 0 spiro atoms. The monoisotopic (exact) mass is 290 g/mol. The Morgan fingerprint density at radius 2 is 1.86 bits per heavy atom. The Labute approximate surface area is 129 Å². The molecule has 110 valence electrons. The molecule has 0 aromatic heterocycles. The molecule has 0 saturated heterocycles. The van der Waals surface area contributed by atoms with Crippen molar-refractivity contribution in [1.82, 2.24) is 0 Å². The summed E-state index contributed by atoms with van der Waals surface area (Å²) in [6.07, 6.45) is 0.964. The van der Waals surface area contributed by atoms with Crippen LogP contribution >= 0.6 is 0 Å². The van der Waals surface area contributed by atoms with E-state index in [0.29, 0.717) is 0 Å². The van der Waals surface area contributed by atoms with Gasteiger partial charge in [0.1, 0.15) is 5.75 Å². The maximum absolute atomic E-state index is 5.36. The minimum atomic E-state index is 0.862. The van der Waals surface area contributed by atoms with Crippen LogP contribution in [0.5, 0.6) is 5.75 Å². The van der Waals surface area contributed by atoms with Gasteiger partial charge in [-0.3, -0.25) is 4.99 Å². The van der Waals surface area contributed by atoms with Gasteiger partial charge in [0.25, 0.3) is 0 Å². The highest BCUT2D eigenvalue weighted by molar-refractivity contribution is 5.83. The fourth-order valence-corrected chi connectivity index (χ4v) is 3.49. The Bertz CT molecular complexity index is 968. The van der Waals surface area contributed by atoms with Gasteiger partial charge in [-0.15, -0.1) is 0 Å². The van der Waals surface area contributed by atoms with E-state index in [9.17, 15) is 0 Å². The molecule has 0 amide bonds. The molecule has 2 aliphatic rings. The van der Waals surface area contributed by atoms with E-state index in [1.165, 1.54) is 28.0 Å². The van der Waals surface area contributed by atoms with E-state index in [4.69, 9.17) is 14.7 Å². The van der Waals surface area contributed by atoms with Gasteiger partial charge in [0.05, 0.1) is 23.5 Å². The van der Waals surface area contributed by atoms with E-state index < -0.39 is 0 Å². The van der Waals surface area contributed by atoms with Gasteiger partial charge in [0.2, 0.25) is 0 Å². The number of nitrogens with zero attached hydrogens (tertiary/aromatic N) is 2. The maximum Gasteiger partial charge on any atom is 0.119 e. The molecule has 3 nitrogen and oxygen atoms in total. The predicted molar refractivity (Wildman–Crippen MR) is 88.0 cm³/mol. The molecule has 22 heavy (non-hydrogen) atoms. The normalized spacial score (nSPS) is 14.2. The summed E-state index contributed by atoms with van der Waals surface area (Å²) in [5.74, 6) is 0.862. The molecular formula is C19H18N2O. The highest BCUT2D eigenvalue weighted by atomic mass is 16.5. The first kappa shape index (κ1) is 13.3. The Morgan fingerprint density at radius 1 is 1.05 bits per heavy atom. The van der Waals surface area contributed by atoms with Crippen LogP contribution in [0.25, 0.3) is 16.7 Å². The van der Waals surface area contributed by atoms with Crippen molar-refractivity contribution in [2.45, 2.75) is 27.2 Å². The first-order valence-corrected chi connectivity index (χ1v) is 7.63. The minimum absolute atomic E-state index is 0.862. The summed E-state index contributed by atoms with van der Waals surface area (Å²) in [4.78, 5) is 9.64. The maximum atomic E-state index is 5.36. The zero-order valence-corrected chi connectivity index (χ0v) is 13.3. The fourth-order valence-electron chi connectivity index (χ4n) is 3.49. The average Bonchev–Trinajstić information content (AvgIpc) is 3.05. The smallest absolute Gasteiger partial charge is 0.119 e. The van der Waals surface area contributed by atoms with Gasteiger partial charge in [-0.05, 0) is 55.7 Å². The molecule has 2 aromatic carbocycles. The summed E-state index contributed by atoms with van der Waals surface area (Å²) >= 11 is 0. The molecule has 2 aliphatic heterocycles. The molecule has 0 aliphatic carbocycles. The zero-order valence-electron chi connectivity index (χ0n) is 13.3. The molecule has 2 heterocycles. The molecule has 0 atom stereocenters. The van der Waals surface area contributed by atoms with E-state index in [2.05, 4.69) is 32.9 Å². The van der Waals surface area contributed by atoms with Gasteiger partial charge >= 0.3 is 0 Å². The van der Waals surface area contributed by atoms with E-state index in [0.717, 1.165) is 34.1 Å². The van der Waals surface area contributed by atoms with Crippen LogP contribution in [0.1, 0.15) is 31.4 Å². The lowest BCUT2D eigenvalue weighted by Gasteiger charge is -2.06. The lowest BCUT2D eigenvalue weighted by Crippen LogP contribution is -2.18. The molecule has 2 aromatic rings. The van der Waals surface area contributed by atoms with Gasteiger partial charge < -0.3 is 4.74 Å². The second-order valence-electron chi connectivity index (χ2n) is 5.82. The molecule has 0 unspecified atom stereocenters. The molecule has 0 saturated carbocycles. The van der Waals surface area contributed by atoms with E-state index >= 15 is 0 Å². The van der Waals surface area contributed by atoms with Gasteiger partial charge in [0, 0.05) is 22.4 Å². The topological polar surface area (TPSA) is 34.0 Å². The minimum Gasteiger partial charge on any atom is -0.497 e. The van der Waals surface area contributed by atoms with Gasteiger partial charge in [-0.2, -0.15) is 0 Å². The number of methoxy groups -OCH3 is 1. The van der Waals surface area contributed by atoms with E-state index in [-0.39, 0.29) is 0 Å². The third-order valence-corrected chi connectivity index (χ3v) is 4.65. The third-order valence-electron chi connectivity index (χ3n) is 4.65. The Morgan fingerprint density at radius 3 is 2.59 bits per heavy atom. The number of ether oxygens (including phenoxy) is 1. The average molecular weight is 290 g/mol. The van der Waals surface area contributed by atoms with Gasteiger partial charge in [-0.1, -0.05) is 6.92 Å². The number of allylic oxidation sites excluding steroid dienone is 2. The number of hydrogen-bond donors (Lipinski definition) is 0.